The fraction of sp³-hybridized carbons (Fsp3) is 0.308. The van der Waals surface area contributed by atoms with Crippen molar-refractivity contribution < 1.29 is 22.7 Å². The van der Waals surface area contributed by atoms with Gasteiger partial charge in [0, 0.05) is 10.6 Å². The minimum absolute atomic E-state index is 0.0199. The van der Waals surface area contributed by atoms with Crippen LogP contribution in [0.4, 0.5) is 13.2 Å². The van der Waals surface area contributed by atoms with E-state index in [0.29, 0.717) is 0 Å². The molecule has 0 saturated carbocycles. The van der Waals surface area contributed by atoms with E-state index in [4.69, 9.17) is 4.74 Å². The number of alkyl halides is 3. The summed E-state index contributed by atoms with van der Waals surface area (Å²) in [6.07, 6.45) is -2.36. The molecule has 104 valence electrons. The molecule has 0 spiro atoms. The standard InChI is InChI=1S/C13H14F3NO2/c1-4-9(13(14,15)16)8-7-11(12(18)19-6-3)17-10(8)5-2/h4-5,7,17H,1,6H2,2-3H3/b9-8+,10-5+. The summed E-state index contributed by atoms with van der Waals surface area (Å²) < 4.78 is 43.2. The van der Waals surface area contributed by atoms with Crippen LogP contribution in [0.2, 0.25) is 0 Å². The van der Waals surface area contributed by atoms with E-state index in [1.54, 1.807) is 13.8 Å². The van der Waals surface area contributed by atoms with Crippen molar-refractivity contribution in [2.45, 2.75) is 20.0 Å². The van der Waals surface area contributed by atoms with Gasteiger partial charge in [-0.05, 0) is 19.9 Å². The molecule has 0 aliphatic heterocycles. The first kappa shape index (κ1) is 15.1. The van der Waals surface area contributed by atoms with Gasteiger partial charge in [0.15, 0.2) is 0 Å². The number of nitrogens with one attached hydrogen (secondary N) is 1. The average molecular weight is 273 g/mol. The van der Waals surface area contributed by atoms with Gasteiger partial charge < -0.3 is 9.72 Å². The SMILES string of the molecule is C=C/C(=c1/cc(C(=O)OCC)[nH]/c1=C/C)C(F)(F)F. The molecule has 0 aliphatic carbocycles. The average Bonchev–Trinajstić information content (AvgIpc) is 2.72. The Balaban J connectivity index is 3.57. The van der Waals surface area contributed by atoms with Crippen LogP contribution in [0.15, 0.2) is 18.7 Å². The fourth-order valence-electron chi connectivity index (χ4n) is 1.62. The van der Waals surface area contributed by atoms with Crippen molar-refractivity contribution in [3.05, 3.63) is 35.0 Å². The maximum absolute atomic E-state index is 12.8. The molecule has 0 atom stereocenters. The van der Waals surface area contributed by atoms with Crippen LogP contribution < -0.4 is 10.6 Å². The zero-order chi connectivity index (χ0) is 14.6. The van der Waals surface area contributed by atoms with Gasteiger partial charge in [-0.25, -0.2) is 4.79 Å². The topological polar surface area (TPSA) is 42.1 Å². The molecular weight excluding hydrogens is 259 g/mol. The van der Waals surface area contributed by atoms with Crippen molar-refractivity contribution in [1.82, 2.24) is 4.98 Å². The molecule has 3 nitrogen and oxygen atoms in total. The quantitative estimate of drug-likeness (QED) is 0.855. The Morgan fingerprint density at radius 1 is 1.53 bits per heavy atom. The molecule has 0 bridgehead atoms. The van der Waals surface area contributed by atoms with Crippen molar-refractivity contribution >= 4 is 17.6 Å². The van der Waals surface area contributed by atoms with E-state index in [2.05, 4.69) is 11.6 Å². The van der Waals surface area contributed by atoms with E-state index < -0.39 is 17.7 Å². The van der Waals surface area contributed by atoms with Crippen molar-refractivity contribution in [3.8, 4) is 0 Å². The molecule has 6 heteroatoms. The molecule has 1 rings (SSSR count). The number of H-pyrrole nitrogens is 1. The molecule has 0 unspecified atom stereocenters. The number of halogens is 3. The first-order valence-electron chi connectivity index (χ1n) is 5.61. The van der Waals surface area contributed by atoms with Crippen LogP contribution in [0, 0.1) is 0 Å². The minimum atomic E-state index is -4.53. The van der Waals surface area contributed by atoms with Crippen LogP contribution >= 0.6 is 0 Å². The second-order valence-electron chi connectivity index (χ2n) is 3.64. The Morgan fingerprint density at radius 2 is 2.16 bits per heavy atom. The maximum atomic E-state index is 12.8. The van der Waals surface area contributed by atoms with Crippen LogP contribution in [-0.4, -0.2) is 23.7 Å². The lowest BCUT2D eigenvalue weighted by atomic mass is 10.2. The first-order valence-corrected chi connectivity index (χ1v) is 5.61. The molecule has 1 N–H and O–H groups in total. The number of aromatic nitrogens is 1. The van der Waals surface area contributed by atoms with Gasteiger partial charge in [0.1, 0.15) is 5.69 Å². The molecule has 0 saturated heterocycles. The number of ether oxygens (including phenoxy) is 1. The van der Waals surface area contributed by atoms with E-state index in [-0.39, 0.29) is 22.9 Å². The Bertz CT molecular complexity index is 596. The third kappa shape index (κ3) is 3.27. The zero-order valence-electron chi connectivity index (χ0n) is 10.6. The summed E-state index contributed by atoms with van der Waals surface area (Å²) in [5, 5.41) is 0.0864. The monoisotopic (exact) mass is 273 g/mol. The number of rotatable bonds is 3. The third-order valence-corrected chi connectivity index (χ3v) is 2.43. The molecule has 0 aliphatic rings. The molecule has 0 radical (unpaired) electrons. The van der Waals surface area contributed by atoms with Gasteiger partial charge in [0.25, 0.3) is 0 Å². The van der Waals surface area contributed by atoms with Crippen molar-refractivity contribution in [3.63, 3.8) is 0 Å². The van der Waals surface area contributed by atoms with Gasteiger partial charge >= 0.3 is 12.1 Å². The van der Waals surface area contributed by atoms with E-state index in [9.17, 15) is 18.0 Å². The Kier molecular flexibility index (Phi) is 4.58. The zero-order valence-corrected chi connectivity index (χ0v) is 10.6. The van der Waals surface area contributed by atoms with Gasteiger partial charge in [0.05, 0.1) is 12.2 Å². The van der Waals surface area contributed by atoms with Crippen LogP contribution in [0.3, 0.4) is 0 Å². The highest BCUT2D eigenvalue weighted by Gasteiger charge is 2.32. The fourth-order valence-corrected chi connectivity index (χ4v) is 1.62. The van der Waals surface area contributed by atoms with Crippen molar-refractivity contribution in [2.75, 3.05) is 6.61 Å². The normalized spacial score (nSPS) is 14.3. The summed E-state index contributed by atoms with van der Waals surface area (Å²) in [5.41, 5.74) is -0.916. The van der Waals surface area contributed by atoms with Gasteiger partial charge in [-0.15, -0.1) is 0 Å². The Hall–Kier alpha value is -1.98. The van der Waals surface area contributed by atoms with E-state index in [1.165, 1.54) is 6.08 Å². The number of carbonyl (C=O) groups is 1. The minimum Gasteiger partial charge on any atom is -0.461 e. The lowest BCUT2D eigenvalue weighted by molar-refractivity contribution is -0.0689. The number of hydrogen-bond acceptors (Lipinski definition) is 2. The Labute approximate surface area is 108 Å². The van der Waals surface area contributed by atoms with E-state index in [0.717, 1.165) is 12.1 Å². The molecule has 0 aromatic carbocycles. The van der Waals surface area contributed by atoms with Gasteiger partial charge in [0.2, 0.25) is 0 Å². The molecule has 0 fully saturated rings. The lowest BCUT2D eigenvalue weighted by Crippen LogP contribution is -2.29. The highest BCUT2D eigenvalue weighted by Crippen LogP contribution is 2.25. The van der Waals surface area contributed by atoms with Crippen molar-refractivity contribution in [1.29, 1.82) is 0 Å². The summed E-state index contributed by atoms with van der Waals surface area (Å²) >= 11 is 0. The van der Waals surface area contributed by atoms with Crippen molar-refractivity contribution in [2.24, 2.45) is 0 Å². The maximum Gasteiger partial charge on any atom is 0.417 e. The predicted molar refractivity (Wildman–Crippen MR) is 65.8 cm³/mol. The third-order valence-electron chi connectivity index (χ3n) is 2.43. The smallest absolute Gasteiger partial charge is 0.417 e. The first-order chi connectivity index (χ1) is 8.85. The van der Waals surface area contributed by atoms with Crippen LogP contribution in [0.25, 0.3) is 11.6 Å². The van der Waals surface area contributed by atoms with Crippen LogP contribution in [0.1, 0.15) is 24.3 Å². The summed E-state index contributed by atoms with van der Waals surface area (Å²) in [5.74, 6) is -0.692. The summed E-state index contributed by atoms with van der Waals surface area (Å²) in [6, 6.07) is 1.12. The predicted octanol–water partition coefficient (Wildman–Crippen LogP) is 1.89. The van der Waals surface area contributed by atoms with E-state index in [1.807, 2.05) is 0 Å². The molecule has 1 heterocycles. The number of aromatic amines is 1. The highest BCUT2D eigenvalue weighted by molar-refractivity contribution is 5.87. The lowest BCUT2D eigenvalue weighted by Gasteiger charge is -2.05. The second-order valence-corrected chi connectivity index (χ2v) is 3.64. The number of hydrogen-bond donors (Lipinski definition) is 1. The Morgan fingerprint density at radius 3 is 2.58 bits per heavy atom. The molecular formula is C13H14F3NO2. The van der Waals surface area contributed by atoms with Crippen LogP contribution in [0.5, 0.6) is 0 Å². The molecule has 0 amide bonds. The number of esters is 1. The van der Waals surface area contributed by atoms with Gasteiger partial charge in [-0.3, -0.25) is 0 Å². The molecule has 1 aromatic rings. The highest BCUT2D eigenvalue weighted by atomic mass is 19.4. The summed E-state index contributed by atoms with van der Waals surface area (Å²) in [7, 11) is 0. The summed E-state index contributed by atoms with van der Waals surface area (Å²) in [4.78, 5) is 14.1. The van der Waals surface area contributed by atoms with Gasteiger partial charge in [-0.1, -0.05) is 18.7 Å². The molecule has 19 heavy (non-hydrogen) atoms. The largest absolute Gasteiger partial charge is 0.461 e. The van der Waals surface area contributed by atoms with E-state index >= 15 is 0 Å². The summed E-state index contributed by atoms with van der Waals surface area (Å²) in [6.45, 7) is 6.50. The number of carbonyl (C=O) groups excluding carboxylic acids is 1. The molecule has 1 aromatic heterocycles. The second kappa shape index (κ2) is 5.77. The number of allylic oxidation sites excluding steroid dienone is 1. The van der Waals surface area contributed by atoms with Crippen LogP contribution in [-0.2, 0) is 4.74 Å². The van der Waals surface area contributed by atoms with Gasteiger partial charge in [-0.2, -0.15) is 13.2 Å².